The summed E-state index contributed by atoms with van der Waals surface area (Å²) < 4.78 is 10.9. The van der Waals surface area contributed by atoms with Gasteiger partial charge in [0.25, 0.3) is 5.56 Å². The topological polar surface area (TPSA) is 117 Å². The monoisotopic (exact) mass is 423 g/mol. The molecule has 9 nitrogen and oxygen atoms in total. The number of nitrogens with one attached hydrogen (secondary N) is 1. The molecule has 0 aromatic carbocycles. The minimum Gasteiger partial charge on any atom is -0.467 e. The predicted octanol–water partition coefficient (Wildman–Crippen LogP) is 1.65. The Morgan fingerprint density at radius 2 is 2.00 bits per heavy atom. The van der Waals surface area contributed by atoms with Crippen molar-refractivity contribution in [2.75, 3.05) is 13.7 Å². The molecule has 0 aliphatic rings. The molecule has 0 bridgehead atoms. The summed E-state index contributed by atoms with van der Waals surface area (Å²) in [7, 11) is 1.26. The number of hydrogen-bond acceptors (Lipinski definition) is 8. The zero-order chi connectivity index (χ0) is 21.7. The van der Waals surface area contributed by atoms with Crippen LogP contribution in [-0.2, 0) is 25.6 Å². The molecule has 2 atom stereocenters. The van der Waals surface area contributed by atoms with E-state index in [0.29, 0.717) is 21.7 Å². The van der Waals surface area contributed by atoms with Crippen LogP contribution in [0.4, 0.5) is 0 Å². The molecule has 0 radical (unpaired) electrons. The first kappa shape index (κ1) is 22.5. The van der Waals surface area contributed by atoms with E-state index in [1.54, 1.807) is 13.8 Å². The molecule has 1 N–H and O–H groups in total. The van der Waals surface area contributed by atoms with Gasteiger partial charge in [-0.2, -0.15) is 0 Å². The number of carbonyl (C=O) groups is 3. The lowest BCUT2D eigenvalue weighted by molar-refractivity contribution is -0.146. The maximum atomic E-state index is 12.9. The average Bonchev–Trinajstić information content (AvgIpc) is 3.04. The van der Waals surface area contributed by atoms with Crippen molar-refractivity contribution in [2.45, 2.75) is 46.7 Å². The van der Waals surface area contributed by atoms with E-state index in [1.165, 1.54) is 13.4 Å². The van der Waals surface area contributed by atoms with Gasteiger partial charge >= 0.3 is 11.9 Å². The molecular formula is C19H25N3O6S. The molecule has 0 fully saturated rings. The summed E-state index contributed by atoms with van der Waals surface area (Å²) in [6, 6.07) is -0.803. The van der Waals surface area contributed by atoms with Crippen molar-refractivity contribution in [3.63, 3.8) is 0 Å². The van der Waals surface area contributed by atoms with Gasteiger partial charge in [0.15, 0.2) is 0 Å². The van der Waals surface area contributed by atoms with Crippen LogP contribution < -0.4 is 10.9 Å². The lowest BCUT2D eigenvalue weighted by atomic mass is 9.99. The van der Waals surface area contributed by atoms with Crippen molar-refractivity contribution in [1.82, 2.24) is 14.9 Å². The number of thiophene rings is 1. The number of esters is 2. The number of carbonyl (C=O) groups excluding carboxylic acids is 3. The highest BCUT2D eigenvalue weighted by Gasteiger charge is 2.27. The number of amides is 1. The van der Waals surface area contributed by atoms with Crippen molar-refractivity contribution < 1.29 is 23.9 Å². The van der Waals surface area contributed by atoms with Crippen LogP contribution in [-0.4, -0.2) is 47.2 Å². The number of rotatable bonds is 8. The zero-order valence-electron chi connectivity index (χ0n) is 17.1. The Morgan fingerprint density at radius 3 is 2.59 bits per heavy atom. The van der Waals surface area contributed by atoms with Gasteiger partial charge in [-0.1, -0.05) is 20.3 Å². The maximum Gasteiger partial charge on any atom is 0.348 e. The maximum absolute atomic E-state index is 12.9. The number of hydrogen-bond donors (Lipinski definition) is 1. The minimum atomic E-state index is -0.803. The Kier molecular flexibility index (Phi) is 7.49. The second kappa shape index (κ2) is 9.64. The van der Waals surface area contributed by atoms with Crippen LogP contribution >= 0.6 is 11.3 Å². The van der Waals surface area contributed by atoms with Crippen LogP contribution in [0.3, 0.4) is 0 Å². The van der Waals surface area contributed by atoms with Gasteiger partial charge in [-0.25, -0.2) is 14.6 Å². The summed E-state index contributed by atoms with van der Waals surface area (Å²) in [5.41, 5.74) is 0.0374. The highest BCUT2D eigenvalue weighted by molar-refractivity contribution is 7.20. The third kappa shape index (κ3) is 4.81. The Morgan fingerprint density at radius 1 is 1.31 bits per heavy atom. The molecule has 2 rings (SSSR count). The van der Waals surface area contributed by atoms with E-state index >= 15 is 0 Å². The summed E-state index contributed by atoms with van der Waals surface area (Å²) >= 11 is 1.08. The first-order valence-corrected chi connectivity index (χ1v) is 10.1. The summed E-state index contributed by atoms with van der Waals surface area (Å²) in [6.07, 6.45) is 1.92. The molecular weight excluding hydrogens is 398 g/mol. The standard InChI is InChI=1S/C19H25N3O6S/c1-6-10(3)14(18(25)27-5)21-12(23)8-22-9-20-16-13(17(22)24)11(4)15(29-16)19(26)28-7-2/h9-10,14H,6-8H2,1-5H3,(H,21,23)/t10-,14-/m0/s1. The normalized spacial score (nSPS) is 13.0. The first-order valence-electron chi connectivity index (χ1n) is 9.27. The average molecular weight is 423 g/mol. The Hall–Kier alpha value is -2.75. The van der Waals surface area contributed by atoms with Crippen molar-refractivity contribution in [3.8, 4) is 0 Å². The van der Waals surface area contributed by atoms with Crippen LogP contribution in [0.5, 0.6) is 0 Å². The van der Waals surface area contributed by atoms with E-state index in [9.17, 15) is 19.2 Å². The molecule has 0 unspecified atom stereocenters. The van der Waals surface area contributed by atoms with Gasteiger partial charge in [-0.3, -0.25) is 14.2 Å². The van der Waals surface area contributed by atoms with E-state index in [2.05, 4.69) is 10.3 Å². The van der Waals surface area contributed by atoms with Crippen LogP contribution in [0.15, 0.2) is 11.1 Å². The Labute approximate surface area is 172 Å². The van der Waals surface area contributed by atoms with Crippen molar-refractivity contribution in [1.29, 1.82) is 0 Å². The third-order valence-electron chi connectivity index (χ3n) is 4.68. The molecule has 29 heavy (non-hydrogen) atoms. The highest BCUT2D eigenvalue weighted by Crippen LogP contribution is 2.27. The molecule has 2 aromatic rings. The van der Waals surface area contributed by atoms with E-state index in [-0.39, 0.29) is 24.5 Å². The molecule has 0 aliphatic carbocycles. The lowest BCUT2D eigenvalue weighted by Gasteiger charge is -2.21. The fourth-order valence-corrected chi connectivity index (χ4v) is 3.87. The van der Waals surface area contributed by atoms with E-state index in [4.69, 9.17) is 9.47 Å². The van der Waals surface area contributed by atoms with Crippen molar-refractivity contribution >= 4 is 39.4 Å². The van der Waals surface area contributed by atoms with Gasteiger partial charge in [0.2, 0.25) is 5.91 Å². The third-order valence-corrected chi connectivity index (χ3v) is 5.86. The largest absolute Gasteiger partial charge is 0.467 e. The lowest BCUT2D eigenvalue weighted by Crippen LogP contribution is -2.47. The van der Waals surface area contributed by atoms with Gasteiger partial charge < -0.3 is 14.8 Å². The fourth-order valence-electron chi connectivity index (χ4n) is 2.83. The van der Waals surface area contributed by atoms with Crippen LogP contribution in [0.2, 0.25) is 0 Å². The Balaban J connectivity index is 2.30. The van der Waals surface area contributed by atoms with Gasteiger partial charge in [0, 0.05) is 0 Å². The molecule has 0 aliphatic heterocycles. The number of fused-ring (bicyclic) bond motifs is 1. The number of nitrogens with zero attached hydrogens (tertiary/aromatic N) is 2. The molecule has 0 saturated carbocycles. The van der Waals surface area contributed by atoms with E-state index < -0.39 is 29.4 Å². The predicted molar refractivity (Wildman–Crippen MR) is 108 cm³/mol. The number of methoxy groups -OCH3 is 1. The molecule has 158 valence electrons. The van der Waals surface area contributed by atoms with Gasteiger partial charge in [0.05, 0.1) is 25.4 Å². The molecule has 1 amide bonds. The summed E-state index contributed by atoms with van der Waals surface area (Å²) in [6.45, 7) is 6.99. The minimum absolute atomic E-state index is 0.130. The number of aromatic nitrogens is 2. The van der Waals surface area contributed by atoms with E-state index in [1.807, 2.05) is 13.8 Å². The van der Waals surface area contributed by atoms with Gasteiger partial charge in [0.1, 0.15) is 22.3 Å². The van der Waals surface area contributed by atoms with Crippen LogP contribution in [0.25, 0.3) is 10.2 Å². The number of aryl methyl sites for hydroxylation is 1. The first-order chi connectivity index (χ1) is 13.7. The smallest absolute Gasteiger partial charge is 0.348 e. The summed E-state index contributed by atoms with van der Waals surface area (Å²) in [5, 5.41) is 2.90. The molecule has 2 aromatic heterocycles. The molecule has 0 saturated heterocycles. The highest BCUT2D eigenvalue weighted by atomic mass is 32.1. The Bertz CT molecular complexity index is 980. The van der Waals surface area contributed by atoms with E-state index in [0.717, 1.165) is 15.9 Å². The quantitative estimate of drug-likeness (QED) is 0.642. The summed E-state index contributed by atoms with van der Waals surface area (Å²) in [4.78, 5) is 54.2. The fraction of sp³-hybridized carbons (Fsp3) is 0.526. The molecule has 10 heteroatoms. The van der Waals surface area contributed by atoms with Gasteiger partial charge in [-0.15, -0.1) is 11.3 Å². The van der Waals surface area contributed by atoms with Crippen LogP contribution in [0.1, 0.15) is 42.4 Å². The van der Waals surface area contributed by atoms with Crippen molar-refractivity contribution in [3.05, 3.63) is 27.1 Å². The van der Waals surface area contributed by atoms with Crippen LogP contribution in [0, 0.1) is 12.8 Å². The SMILES string of the molecule is CCOC(=O)c1sc2ncn(CC(=O)N[C@H](C(=O)OC)[C@@H](C)CC)c(=O)c2c1C. The summed E-state index contributed by atoms with van der Waals surface area (Å²) in [5.74, 6) is -1.69. The van der Waals surface area contributed by atoms with Crippen molar-refractivity contribution in [2.24, 2.45) is 5.92 Å². The molecule has 0 spiro atoms. The second-order valence-corrected chi connectivity index (χ2v) is 7.59. The second-order valence-electron chi connectivity index (χ2n) is 6.59. The number of ether oxygens (including phenoxy) is 2. The molecule has 2 heterocycles. The zero-order valence-corrected chi connectivity index (χ0v) is 17.9. The van der Waals surface area contributed by atoms with Gasteiger partial charge in [-0.05, 0) is 25.3 Å².